The van der Waals surface area contributed by atoms with Gasteiger partial charge in [-0.2, -0.15) is 5.10 Å². The van der Waals surface area contributed by atoms with Gasteiger partial charge in [-0.3, -0.25) is 4.79 Å². The SMILES string of the molecule is CN(C(=O)c1cc(-n2cccn2)ccc1Cl)C1C[C@H]2CC(O)C[C@H]2C1. The Bertz CT molecular complexity index is 763. The highest BCUT2D eigenvalue weighted by atomic mass is 35.5. The van der Waals surface area contributed by atoms with E-state index in [9.17, 15) is 9.90 Å². The number of aromatic nitrogens is 2. The highest BCUT2D eigenvalue weighted by Gasteiger charge is 2.43. The maximum atomic E-state index is 13.0. The number of aliphatic hydroxyl groups is 1. The summed E-state index contributed by atoms with van der Waals surface area (Å²) in [6.45, 7) is 0. The van der Waals surface area contributed by atoms with Gasteiger partial charge in [-0.05, 0) is 61.8 Å². The zero-order chi connectivity index (χ0) is 17.6. The molecule has 0 bridgehead atoms. The maximum absolute atomic E-state index is 13.0. The summed E-state index contributed by atoms with van der Waals surface area (Å²) in [5.41, 5.74) is 1.33. The van der Waals surface area contributed by atoms with Gasteiger partial charge in [-0.15, -0.1) is 0 Å². The molecule has 4 atom stereocenters. The minimum Gasteiger partial charge on any atom is -0.393 e. The fraction of sp³-hybridized carbons (Fsp3) is 0.474. The molecule has 2 aromatic rings. The first-order valence-electron chi connectivity index (χ1n) is 8.77. The summed E-state index contributed by atoms with van der Waals surface area (Å²) in [5.74, 6) is 1.03. The van der Waals surface area contributed by atoms with E-state index in [1.54, 1.807) is 23.0 Å². The second kappa shape index (κ2) is 6.46. The highest BCUT2D eigenvalue weighted by molar-refractivity contribution is 6.33. The molecule has 6 heteroatoms. The van der Waals surface area contributed by atoms with Crippen molar-refractivity contribution in [3.63, 3.8) is 0 Å². The van der Waals surface area contributed by atoms with E-state index in [0.29, 0.717) is 22.4 Å². The van der Waals surface area contributed by atoms with Crippen molar-refractivity contribution in [3.8, 4) is 5.69 Å². The van der Waals surface area contributed by atoms with Crippen molar-refractivity contribution in [3.05, 3.63) is 47.2 Å². The molecule has 0 radical (unpaired) electrons. The third-order valence-electron chi connectivity index (χ3n) is 5.78. The minimum atomic E-state index is -0.155. The van der Waals surface area contributed by atoms with Gasteiger partial charge in [0.2, 0.25) is 0 Å². The van der Waals surface area contributed by atoms with E-state index in [-0.39, 0.29) is 18.1 Å². The molecule has 1 heterocycles. The van der Waals surface area contributed by atoms with Crippen LogP contribution < -0.4 is 0 Å². The van der Waals surface area contributed by atoms with Crippen molar-refractivity contribution in [2.24, 2.45) is 11.8 Å². The fourth-order valence-electron chi connectivity index (χ4n) is 4.47. The Kier molecular flexibility index (Phi) is 4.29. The third kappa shape index (κ3) is 3.07. The van der Waals surface area contributed by atoms with E-state index in [1.165, 1.54) is 0 Å². The van der Waals surface area contributed by atoms with Crippen LogP contribution in [0.1, 0.15) is 36.0 Å². The highest BCUT2D eigenvalue weighted by Crippen LogP contribution is 2.45. The Morgan fingerprint density at radius 2 is 2.00 bits per heavy atom. The van der Waals surface area contributed by atoms with Crippen LogP contribution in [0.25, 0.3) is 5.69 Å². The second-order valence-corrected chi connectivity index (χ2v) is 7.71. The molecule has 4 rings (SSSR count). The zero-order valence-electron chi connectivity index (χ0n) is 14.2. The lowest BCUT2D eigenvalue weighted by atomic mass is 10.0. The number of fused-ring (bicyclic) bond motifs is 1. The number of benzene rings is 1. The lowest BCUT2D eigenvalue weighted by Crippen LogP contribution is -2.36. The van der Waals surface area contributed by atoms with Crippen LogP contribution in [0.4, 0.5) is 0 Å². The van der Waals surface area contributed by atoms with E-state index in [2.05, 4.69) is 5.10 Å². The van der Waals surface area contributed by atoms with E-state index in [0.717, 1.165) is 31.4 Å². The molecule has 2 fully saturated rings. The number of rotatable bonds is 3. The van der Waals surface area contributed by atoms with E-state index in [1.807, 2.05) is 30.3 Å². The monoisotopic (exact) mass is 359 g/mol. The topological polar surface area (TPSA) is 58.4 Å². The van der Waals surface area contributed by atoms with Gasteiger partial charge in [0.05, 0.1) is 22.4 Å². The quantitative estimate of drug-likeness (QED) is 0.915. The molecule has 0 saturated heterocycles. The molecule has 1 N–H and O–H groups in total. The van der Waals surface area contributed by atoms with Crippen molar-refractivity contribution in [1.29, 1.82) is 0 Å². The average Bonchev–Trinajstić information content (AvgIpc) is 3.30. The molecule has 2 unspecified atom stereocenters. The molecule has 2 aliphatic carbocycles. The maximum Gasteiger partial charge on any atom is 0.255 e. The summed E-state index contributed by atoms with van der Waals surface area (Å²) in [4.78, 5) is 14.9. The van der Waals surface area contributed by atoms with Crippen molar-refractivity contribution in [2.75, 3.05) is 7.05 Å². The van der Waals surface area contributed by atoms with E-state index in [4.69, 9.17) is 11.6 Å². The van der Waals surface area contributed by atoms with Gasteiger partial charge in [0, 0.05) is 25.5 Å². The van der Waals surface area contributed by atoms with Gasteiger partial charge in [-0.1, -0.05) is 11.6 Å². The Hall–Kier alpha value is -1.85. The number of halogens is 1. The number of carbonyl (C=O) groups is 1. The molecule has 1 aromatic heterocycles. The van der Waals surface area contributed by atoms with E-state index < -0.39 is 0 Å². The van der Waals surface area contributed by atoms with Crippen molar-refractivity contribution >= 4 is 17.5 Å². The second-order valence-electron chi connectivity index (χ2n) is 7.30. The van der Waals surface area contributed by atoms with Crippen LogP contribution in [-0.2, 0) is 0 Å². The van der Waals surface area contributed by atoms with Crippen molar-refractivity contribution in [1.82, 2.24) is 14.7 Å². The molecule has 1 aromatic carbocycles. The Labute approximate surface area is 152 Å². The molecule has 132 valence electrons. The van der Waals surface area contributed by atoms with Gasteiger partial charge in [0.15, 0.2) is 0 Å². The molecule has 0 aliphatic heterocycles. The number of hydrogen-bond donors (Lipinski definition) is 1. The Morgan fingerprint density at radius 1 is 1.28 bits per heavy atom. The smallest absolute Gasteiger partial charge is 0.255 e. The summed E-state index contributed by atoms with van der Waals surface area (Å²) in [6.07, 6.45) is 7.08. The molecule has 0 spiro atoms. The normalized spacial score (nSPS) is 28.1. The summed E-state index contributed by atoms with van der Waals surface area (Å²) >= 11 is 6.31. The summed E-state index contributed by atoms with van der Waals surface area (Å²) in [5, 5.41) is 14.5. The first-order valence-corrected chi connectivity index (χ1v) is 9.15. The van der Waals surface area contributed by atoms with Crippen LogP contribution in [0, 0.1) is 11.8 Å². The number of hydrogen-bond acceptors (Lipinski definition) is 3. The van der Waals surface area contributed by atoms with Crippen LogP contribution >= 0.6 is 11.6 Å². The molecular formula is C19H22ClN3O2. The Balaban J connectivity index is 1.54. The molecule has 2 aliphatic rings. The van der Waals surface area contributed by atoms with Crippen LogP contribution in [-0.4, -0.2) is 44.9 Å². The van der Waals surface area contributed by atoms with Gasteiger partial charge in [0.25, 0.3) is 5.91 Å². The van der Waals surface area contributed by atoms with Gasteiger partial charge >= 0.3 is 0 Å². The van der Waals surface area contributed by atoms with Crippen LogP contribution in [0.5, 0.6) is 0 Å². The van der Waals surface area contributed by atoms with Gasteiger partial charge < -0.3 is 10.0 Å². The van der Waals surface area contributed by atoms with Gasteiger partial charge in [-0.25, -0.2) is 4.68 Å². The predicted molar refractivity (Wildman–Crippen MR) is 95.9 cm³/mol. The minimum absolute atomic E-state index is 0.0514. The van der Waals surface area contributed by atoms with Crippen molar-refractivity contribution < 1.29 is 9.90 Å². The van der Waals surface area contributed by atoms with Crippen molar-refractivity contribution in [2.45, 2.75) is 37.8 Å². The standard InChI is InChI=1S/C19H22ClN3O2/c1-22(15-7-12-9-16(24)10-13(12)8-15)19(25)17-11-14(3-4-18(17)20)23-6-2-5-21-23/h2-6,11-13,15-16,24H,7-10H2,1H3/t12-,13+,15?,16?. The number of aliphatic hydroxyl groups excluding tert-OH is 1. The van der Waals surface area contributed by atoms with Crippen LogP contribution in [0.15, 0.2) is 36.7 Å². The molecule has 25 heavy (non-hydrogen) atoms. The van der Waals surface area contributed by atoms with Crippen LogP contribution in [0.3, 0.4) is 0 Å². The lowest BCUT2D eigenvalue weighted by Gasteiger charge is -2.26. The number of carbonyl (C=O) groups excluding carboxylic acids is 1. The van der Waals surface area contributed by atoms with Crippen LogP contribution in [0.2, 0.25) is 5.02 Å². The molecule has 5 nitrogen and oxygen atoms in total. The number of nitrogens with zero attached hydrogens (tertiary/aromatic N) is 3. The third-order valence-corrected chi connectivity index (χ3v) is 6.11. The first kappa shape index (κ1) is 16.6. The molecule has 1 amide bonds. The first-order chi connectivity index (χ1) is 12.0. The molecular weight excluding hydrogens is 338 g/mol. The average molecular weight is 360 g/mol. The predicted octanol–water partition coefficient (Wildman–Crippen LogP) is 3.15. The van der Waals surface area contributed by atoms with Gasteiger partial charge in [0.1, 0.15) is 0 Å². The summed E-state index contributed by atoms with van der Waals surface area (Å²) in [7, 11) is 1.86. The largest absolute Gasteiger partial charge is 0.393 e. The summed E-state index contributed by atoms with van der Waals surface area (Å²) < 4.78 is 1.72. The zero-order valence-corrected chi connectivity index (χ0v) is 14.9. The Morgan fingerprint density at radius 3 is 2.64 bits per heavy atom. The number of amides is 1. The lowest BCUT2D eigenvalue weighted by molar-refractivity contribution is 0.0722. The fourth-order valence-corrected chi connectivity index (χ4v) is 4.66. The van der Waals surface area contributed by atoms with E-state index >= 15 is 0 Å². The summed E-state index contributed by atoms with van der Waals surface area (Å²) in [6, 6.07) is 7.47. The molecule has 2 saturated carbocycles.